The summed E-state index contributed by atoms with van der Waals surface area (Å²) in [4.78, 5) is 18.4. The van der Waals surface area contributed by atoms with Gasteiger partial charge in [-0.25, -0.2) is 0 Å². The van der Waals surface area contributed by atoms with E-state index in [0.717, 1.165) is 0 Å². The number of carboxylic acid groups (broad SMARTS) is 1. The quantitative estimate of drug-likeness (QED) is 0.591. The first kappa shape index (κ1) is 10.8. The van der Waals surface area contributed by atoms with E-state index in [1.807, 2.05) is 6.26 Å². The first-order chi connectivity index (χ1) is 6.65. The van der Waals surface area contributed by atoms with Crippen LogP contribution in [0.15, 0.2) is 11.1 Å². The van der Waals surface area contributed by atoms with Crippen LogP contribution in [0.2, 0.25) is 0 Å². The average molecular weight is 214 g/mol. The minimum Gasteiger partial charge on any atom is -0.481 e. The van der Waals surface area contributed by atoms with Crippen LogP contribution in [0.5, 0.6) is 6.01 Å². The molecule has 1 aromatic rings. The fourth-order valence-corrected chi connectivity index (χ4v) is 1.31. The Morgan fingerprint density at radius 2 is 2.36 bits per heavy atom. The van der Waals surface area contributed by atoms with Crippen molar-refractivity contribution >= 4 is 17.7 Å². The Morgan fingerprint density at radius 1 is 1.64 bits per heavy atom. The van der Waals surface area contributed by atoms with Crippen molar-refractivity contribution in [2.45, 2.75) is 11.4 Å². The van der Waals surface area contributed by atoms with Crippen LogP contribution in [-0.4, -0.2) is 34.4 Å². The summed E-state index contributed by atoms with van der Waals surface area (Å²) >= 11 is 1.42. The molecule has 0 radical (unpaired) electrons. The minimum atomic E-state index is -0.919. The van der Waals surface area contributed by atoms with Crippen LogP contribution in [0.1, 0.15) is 5.69 Å². The number of aromatic nitrogens is 2. The zero-order chi connectivity index (χ0) is 10.6. The van der Waals surface area contributed by atoms with Crippen molar-refractivity contribution in [3.05, 3.63) is 11.8 Å². The second-order valence-electron chi connectivity index (χ2n) is 2.46. The summed E-state index contributed by atoms with van der Waals surface area (Å²) in [5, 5.41) is 9.29. The molecular weight excluding hydrogens is 204 g/mol. The van der Waals surface area contributed by atoms with E-state index >= 15 is 0 Å². The third kappa shape index (κ3) is 2.88. The van der Waals surface area contributed by atoms with E-state index in [9.17, 15) is 4.79 Å². The van der Waals surface area contributed by atoms with Crippen LogP contribution in [0.25, 0.3) is 0 Å². The average Bonchev–Trinajstić information content (AvgIpc) is 2.16. The molecule has 0 aromatic carbocycles. The molecule has 0 atom stereocenters. The van der Waals surface area contributed by atoms with Gasteiger partial charge in [-0.1, -0.05) is 0 Å². The van der Waals surface area contributed by atoms with Gasteiger partial charge in [0.15, 0.2) is 0 Å². The van der Waals surface area contributed by atoms with E-state index in [4.69, 9.17) is 9.84 Å². The highest BCUT2D eigenvalue weighted by Crippen LogP contribution is 2.16. The highest BCUT2D eigenvalue weighted by molar-refractivity contribution is 7.98. The van der Waals surface area contributed by atoms with Gasteiger partial charge in [-0.2, -0.15) is 9.97 Å². The van der Waals surface area contributed by atoms with Crippen LogP contribution >= 0.6 is 11.8 Å². The lowest BCUT2D eigenvalue weighted by molar-refractivity contribution is -0.136. The maximum Gasteiger partial charge on any atom is 0.317 e. The summed E-state index contributed by atoms with van der Waals surface area (Å²) in [6.07, 6.45) is 1.73. The molecule has 1 heterocycles. The standard InChI is InChI=1S/C8H10N2O3S/c1-13-8-9-5(4-7(11)12)3-6(10-8)14-2/h3H,4H2,1-2H3,(H,11,12). The predicted octanol–water partition coefficient (Wildman–Crippen LogP) is 0.834. The molecule has 0 saturated heterocycles. The van der Waals surface area contributed by atoms with E-state index in [-0.39, 0.29) is 12.4 Å². The number of carbonyl (C=O) groups is 1. The van der Waals surface area contributed by atoms with Crippen LogP contribution in [0, 0.1) is 0 Å². The number of carboxylic acids is 1. The molecule has 6 heteroatoms. The summed E-state index contributed by atoms with van der Waals surface area (Å²) in [5.41, 5.74) is 0.453. The smallest absolute Gasteiger partial charge is 0.317 e. The maximum absolute atomic E-state index is 10.5. The number of ether oxygens (including phenoxy) is 1. The Labute approximate surface area is 85.5 Å². The molecule has 76 valence electrons. The van der Waals surface area contributed by atoms with E-state index in [1.165, 1.54) is 18.9 Å². The number of hydrogen-bond acceptors (Lipinski definition) is 5. The topological polar surface area (TPSA) is 72.3 Å². The van der Waals surface area contributed by atoms with Gasteiger partial charge in [0.1, 0.15) is 5.03 Å². The molecule has 0 aliphatic heterocycles. The lowest BCUT2D eigenvalue weighted by atomic mass is 10.3. The lowest BCUT2D eigenvalue weighted by Crippen LogP contribution is -2.04. The van der Waals surface area contributed by atoms with Gasteiger partial charge < -0.3 is 9.84 Å². The number of nitrogens with zero attached hydrogens (tertiary/aromatic N) is 2. The molecule has 0 saturated carbocycles. The summed E-state index contributed by atoms with van der Waals surface area (Å²) in [6.45, 7) is 0. The lowest BCUT2D eigenvalue weighted by Gasteiger charge is -2.03. The second-order valence-corrected chi connectivity index (χ2v) is 3.29. The number of hydrogen-bond donors (Lipinski definition) is 1. The summed E-state index contributed by atoms with van der Waals surface area (Å²) in [7, 11) is 1.45. The predicted molar refractivity (Wildman–Crippen MR) is 51.7 cm³/mol. The largest absolute Gasteiger partial charge is 0.481 e. The third-order valence-corrected chi connectivity index (χ3v) is 2.09. The molecule has 0 bridgehead atoms. The number of rotatable bonds is 4. The van der Waals surface area contributed by atoms with Crippen LogP contribution in [0.3, 0.4) is 0 Å². The van der Waals surface area contributed by atoms with Gasteiger partial charge in [-0.3, -0.25) is 4.79 Å². The molecule has 0 unspecified atom stereocenters. The van der Waals surface area contributed by atoms with Crippen molar-refractivity contribution in [2.24, 2.45) is 0 Å². The van der Waals surface area contributed by atoms with E-state index in [1.54, 1.807) is 6.07 Å². The van der Waals surface area contributed by atoms with Crippen molar-refractivity contribution in [2.75, 3.05) is 13.4 Å². The Hall–Kier alpha value is -1.30. The van der Waals surface area contributed by atoms with Crippen molar-refractivity contribution in [3.63, 3.8) is 0 Å². The molecule has 1 aromatic heterocycles. The van der Waals surface area contributed by atoms with Gasteiger partial charge in [0.05, 0.1) is 19.2 Å². The van der Waals surface area contributed by atoms with E-state index in [0.29, 0.717) is 10.7 Å². The van der Waals surface area contributed by atoms with Crippen LogP contribution < -0.4 is 4.74 Å². The van der Waals surface area contributed by atoms with Crippen molar-refractivity contribution < 1.29 is 14.6 Å². The first-order valence-corrected chi connectivity index (χ1v) is 5.06. The SMILES string of the molecule is COc1nc(CC(=O)O)cc(SC)n1. The molecule has 0 aliphatic rings. The summed E-state index contributed by atoms with van der Waals surface area (Å²) < 4.78 is 4.85. The third-order valence-electron chi connectivity index (χ3n) is 1.46. The number of aliphatic carboxylic acids is 1. The molecule has 14 heavy (non-hydrogen) atoms. The van der Waals surface area contributed by atoms with Crippen molar-refractivity contribution in [1.29, 1.82) is 0 Å². The Balaban J connectivity index is 2.98. The normalized spacial score (nSPS) is 9.86. The summed E-state index contributed by atoms with van der Waals surface area (Å²) in [5.74, 6) is -0.919. The van der Waals surface area contributed by atoms with Gasteiger partial charge >= 0.3 is 12.0 Å². The van der Waals surface area contributed by atoms with Crippen LogP contribution in [-0.2, 0) is 11.2 Å². The zero-order valence-corrected chi connectivity index (χ0v) is 8.67. The van der Waals surface area contributed by atoms with Gasteiger partial charge in [0, 0.05) is 0 Å². The molecule has 1 N–H and O–H groups in total. The van der Waals surface area contributed by atoms with Gasteiger partial charge in [-0.05, 0) is 12.3 Å². The zero-order valence-electron chi connectivity index (χ0n) is 7.85. The molecule has 0 fully saturated rings. The first-order valence-electron chi connectivity index (χ1n) is 3.83. The maximum atomic E-state index is 10.5. The highest BCUT2D eigenvalue weighted by atomic mass is 32.2. The Morgan fingerprint density at radius 3 is 2.86 bits per heavy atom. The Kier molecular flexibility index (Phi) is 3.70. The van der Waals surface area contributed by atoms with E-state index < -0.39 is 5.97 Å². The number of methoxy groups -OCH3 is 1. The highest BCUT2D eigenvalue weighted by Gasteiger charge is 2.07. The van der Waals surface area contributed by atoms with Gasteiger partial charge in [-0.15, -0.1) is 11.8 Å². The second kappa shape index (κ2) is 4.80. The fraction of sp³-hybridized carbons (Fsp3) is 0.375. The van der Waals surface area contributed by atoms with Gasteiger partial charge in [0.25, 0.3) is 0 Å². The Bertz CT molecular complexity index is 321. The minimum absolute atomic E-state index is 0.119. The van der Waals surface area contributed by atoms with Gasteiger partial charge in [0.2, 0.25) is 0 Å². The fourth-order valence-electron chi connectivity index (χ4n) is 0.891. The van der Waals surface area contributed by atoms with Crippen LogP contribution in [0.4, 0.5) is 0 Å². The molecule has 0 aliphatic carbocycles. The van der Waals surface area contributed by atoms with E-state index in [2.05, 4.69) is 9.97 Å². The van der Waals surface area contributed by atoms with Crippen molar-refractivity contribution in [1.82, 2.24) is 9.97 Å². The molecule has 0 spiro atoms. The monoisotopic (exact) mass is 214 g/mol. The summed E-state index contributed by atoms with van der Waals surface area (Å²) in [6, 6.07) is 1.84. The number of thioether (sulfide) groups is 1. The van der Waals surface area contributed by atoms with Crippen molar-refractivity contribution in [3.8, 4) is 6.01 Å². The molecule has 1 rings (SSSR count). The molecular formula is C8H10N2O3S. The molecule has 0 amide bonds. The molecule has 5 nitrogen and oxygen atoms in total.